The summed E-state index contributed by atoms with van der Waals surface area (Å²) in [6.07, 6.45) is -6.25. The largest absolute Gasteiger partial charge is 0.507 e. The number of hydrogen-bond donors (Lipinski definition) is 1. The Labute approximate surface area is 136 Å². The number of alkyl halides is 3. The van der Waals surface area contributed by atoms with Crippen molar-refractivity contribution in [1.29, 1.82) is 0 Å². The molecule has 0 aliphatic carbocycles. The van der Waals surface area contributed by atoms with E-state index in [-0.39, 0.29) is 24.7 Å². The Morgan fingerprint density at radius 1 is 1.25 bits per heavy atom. The summed E-state index contributed by atoms with van der Waals surface area (Å²) in [4.78, 5) is 10.1. The average Bonchev–Trinajstić information content (AvgIpc) is 2.54. The van der Waals surface area contributed by atoms with Gasteiger partial charge >= 0.3 is 6.18 Å². The number of ether oxygens (including phenoxy) is 1. The van der Waals surface area contributed by atoms with Crippen LogP contribution in [0.5, 0.6) is 5.75 Å². The molecule has 8 heteroatoms. The molecular weight excluding hydrogens is 323 g/mol. The van der Waals surface area contributed by atoms with Crippen molar-refractivity contribution >= 4 is 5.82 Å². The Kier molecular flexibility index (Phi) is 4.31. The SMILES string of the molecule is Cc1cc(N2CCO[C@@H](C(F)(F)F)C2)nc(-c2ccccc2O)n1. The molecule has 1 aliphatic heterocycles. The molecule has 1 aromatic carbocycles. The van der Waals surface area contributed by atoms with Crippen molar-refractivity contribution < 1.29 is 23.0 Å². The van der Waals surface area contributed by atoms with Gasteiger partial charge in [-0.2, -0.15) is 13.2 Å². The van der Waals surface area contributed by atoms with Gasteiger partial charge < -0.3 is 14.7 Å². The molecule has 128 valence electrons. The molecule has 1 aliphatic rings. The number of phenolic OH excluding ortho intramolecular Hbond substituents is 1. The first-order chi connectivity index (χ1) is 11.3. The Morgan fingerprint density at radius 2 is 2.00 bits per heavy atom. The van der Waals surface area contributed by atoms with E-state index in [0.717, 1.165) is 0 Å². The topological polar surface area (TPSA) is 58.5 Å². The quantitative estimate of drug-likeness (QED) is 0.912. The summed E-state index contributed by atoms with van der Waals surface area (Å²) in [6.45, 7) is 1.69. The number of benzene rings is 1. The lowest BCUT2D eigenvalue weighted by molar-refractivity contribution is -0.221. The second-order valence-corrected chi connectivity index (χ2v) is 5.56. The van der Waals surface area contributed by atoms with E-state index in [9.17, 15) is 18.3 Å². The van der Waals surface area contributed by atoms with Gasteiger partial charge in [0.25, 0.3) is 0 Å². The number of nitrogens with zero attached hydrogens (tertiary/aromatic N) is 3. The number of aromatic hydroxyl groups is 1. The molecule has 0 amide bonds. The van der Waals surface area contributed by atoms with Crippen molar-refractivity contribution in [2.24, 2.45) is 0 Å². The smallest absolute Gasteiger partial charge is 0.416 e. The van der Waals surface area contributed by atoms with Gasteiger partial charge in [0.2, 0.25) is 0 Å². The average molecular weight is 339 g/mol. The molecule has 2 heterocycles. The lowest BCUT2D eigenvalue weighted by Gasteiger charge is -2.34. The fourth-order valence-corrected chi connectivity index (χ4v) is 2.55. The standard InChI is InChI=1S/C16H16F3N3O2/c1-10-8-14(22-6-7-24-13(9-22)16(17,18)19)21-15(20-10)11-4-2-3-5-12(11)23/h2-5,8,13,23H,6-7,9H2,1H3/t13-/m1/s1. The van der Waals surface area contributed by atoms with Gasteiger partial charge in [0.1, 0.15) is 11.6 Å². The van der Waals surface area contributed by atoms with Crippen LogP contribution in [-0.4, -0.2) is 47.1 Å². The van der Waals surface area contributed by atoms with Gasteiger partial charge in [-0.25, -0.2) is 9.97 Å². The van der Waals surface area contributed by atoms with Crippen molar-refractivity contribution in [2.75, 3.05) is 24.6 Å². The van der Waals surface area contributed by atoms with Crippen LogP contribution < -0.4 is 4.90 Å². The van der Waals surface area contributed by atoms with Gasteiger partial charge in [0, 0.05) is 18.3 Å². The molecule has 0 unspecified atom stereocenters. The molecule has 1 N–H and O–H groups in total. The Balaban J connectivity index is 1.93. The van der Waals surface area contributed by atoms with Crippen LogP contribution in [0.1, 0.15) is 5.69 Å². The number of aromatic nitrogens is 2. The number of anilines is 1. The summed E-state index contributed by atoms with van der Waals surface area (Å²) < 4.78 is 43.5. The lowest BCUT2D eigenvalue weighted by atomic mass is 10.2. The predicted octanol–water partition coefficient (Wildman–Crippen LogP) is 2.93. The summed E-state index contributed by atoms with van der Waals surface area (Å²) in [5.74, 6) is 0.681. The highest BCUT2D eigenvalue weighted by Crippen LogP contribution is 2.30. The maximum absolute atomic E-state index is 12.9. The van der Waals surface area contributed by atoms with Gasteiger partial charge in [-0.3, -0.25) is 0 Å². The van der Waals surface area contributed by atoms with Crippen LogP contribution in [-0.2, 0) is 4.74 Å². The van der Waals surface area contributed by atoms with E-state index in [4.69, 9.17) is 4.74 Å². The molecule has 24 heavy (non-hydrogen) atoms. The van der Waals surface area contributed by atoms with E-state index in [2.05, 4.69) is 9.97 Å². The minimum absolute atomic E-state index is 0.0178. The van der Waals surface area contributed by atoms with Crippen molar-refractivity contribution in [3.05, 3.63) is 36.0 Å². The third-order valence-corrected chi connectivity index (χ3v) is 3.74. The Hall–Kier alpha value is -2.35. The molecule has 0 bridgehead atoms. The van der Waals surface area contributed by atoms with Crippen molar-refractivity contribution in [3.63, 3.8) is 0 Å². The first kappa shape index (κ1) is 16.5. The molecule has 1 fully saturated rings. The normalized spacial score (nSPS) is 18.7. The number of aryl methyl sites for hydroxylation is 1. The van der Waals surface area contributed by atoms with Crippen LogP contribution in [0, 0.1) is 6.92 Å². The summed E-state index contributed by atoms with van der Waals surface area (Å²) in [7, 11) is 0. The van der Waals surface area contributed by atoms with Crippen LogP contribution in [0.4, 0.5) is 19.0 Å². The Morgan fingerprint density at radius 3 is 2.71 bits per heavy atom. The zero-order chi connectivity index (χ0) is 17.3. The molecular formula is C16H16F3N3O2. The molecule has 1 saturated heterocycles. The van der Waals surface area contributed by atoms with Crippen LogP contribution >= 0.6 is 0 Å². The van der Waals surface area contributed by atoms with Crippen molar-refractivity contribution in [3.8, 4) is 17.1 Å². The molecule has 5 nitrogen and oxygen atoms in total. The van der Waals surface area contributed by atoms with E-state index in [1.54, 1.807) is 31.2 Å². The second-order valence-electron chi connectivity index (χ2n) is 5.56. The number of phenols is 1. The second kappa shape index (κ2) is 6.27. The minimum Gasteiger partial charge on any atom is -0.507 e. The van der Waals surface area contributed by atoms with Crippen molar-refractivity contribution in [2.45, 2.75) is 19.2 Å². The molecule has 1 aromatic heterocycles. The highest BCUT2D eigenvalue weighted by atomic mass is 19.4. The number of morpholine rings is 1. The third kappa shape index (κ3) is 3.43. The summed E-state index contributed by atoms with van der Waals surface area (Å²) >= 11 is 0. The van der Waals surface area contributed by atoms with Gasteiger partial charge in [-0.1, -0.05) is 12.1 Å². The van der Waals surface area contributed by atoms with Crippen LogP contribution in [0.2, 0.25) is 0 Å². The number of hydrogen-bond acceptors (Lipinski definition) is 5. The van der Waals surface area contributed by atoms with E-state index < -0.39 is 12.3 Å². The van der Waals surface area contributed by atoms with Crippen LogP contribution in [0.15, 0.2) is 30.3 Å². The molecule has 0 spiro atoms. The predicted molar refractivity (Wildman–Crippen MR) is 81.9 cm³/mol. The third-order valence-electron chi connectivity index (χ3n) is 3.74. The first-order valence-corrected chi connectivity index (χ1v) is 7.42. The van der Waals surface area contributed by atoms with E-state index >= 15 is 0 Å². The monoisotopic (exact) mass is 339 g/mol. The molecule has 0 saturated carbocycles. The van der Waals surface area contributed by atoms with E-state index in [0.29, 0.717) is 23.6 Å². The highest BCUT2D eigenvalue weighted by molar-refractivity contribution is 5.65. The summed E-state index contributed by atoms with van der Waals surface area (Å²) in [6, 6.07) is 8.20. The lowest BCUT2D eigenvalue weighted by Crippen LogP contribution is -2.49. The zero-order valence-electron chi connectivity index (χ0n) is 12.9. The maximum atomic E-state index is 12.9. The van der Waals surface area contributed by atoms with Gasteiger partial charge in [0.15, 0.2) is 11.9 Å². The summed E-state index contributed by atoms with van der Waals surface area (Å²) in [5.41, 5.74) is 1.04. The zero-order valence-corrected chi connectivity index (χ0v) is 12.9. The van der Waals surface area contributed by atoms with Crippen LogP contribution in [0.25, 0.3) is 11.4 Å². The number of rotatable bonds is 2. The minimum atomic E-state index is -4.42. The summed E-state index contributed by atoms with van der Waals surface area (Å²) in [5, 5.41) is 9.94. The fraction of sp³-hybridized carbons (Fsp3) is 0.375. The Bertz CT molecular complexity index is 737. The van der Waals surface area contributed by atoms with Gasteiger partial charge in [-0.05, 0) is 19.1 Å². The molecule has 2 aromatic rings. The number of halogens is 3. The van der Waals surface area contributed by atoms with Gasteiger partial charge in [-0.15, -0.1) is 0 Å². The van der Waals surface area contributed by atoms with E-state index in [1.807, 2.05) is 0 Å². The molecule has 3 rings (SSSR count). The molecule has 0 radical (unpaired) electrons. The fourth-order valence-electron chi connectivity index (χ4n) is 2.55. The maximum Gasteiger partial charge on any atom is 0.416 e. The number of para-hydroxylation sites is 1. The van der Waals surface area contributed by atoms with Crippen LogP contribution in [0.3, 0.4) is 0 Å². The highest BCUT2D eigenvalue weighted by Gasteiger charge is 2.43. The first-order valence-electron chi connectivity index (χ1n) is 7.42. The van der Waals surface area contributed by atoms with Gasteiger partial charge in [0.05, 0.1) is 18.7 Å². The molecule has 1 atom stereocenters. The van der Waals surface area contributed by atoms with Crippen molar-refractivity contribution in [1.82, 2.24) is 9.97 Å². The van der Waals surface area contributed by atoms with E-state index in [1.165, 1.54) is 11.0 Å².